The lowest BCUT2D eigenvalue weighted by atomic mass is 9.85. The SMILES string of the molecule is CC(=O)C[C@@H](C=O)NC(=O)CC1C(=O)[C@@H](NC(=O)/C=C/c2ccc(Cl)c(Cl)c2)CC(C(C)=O)c2ccccc21. The number of carbonyl (C=O) groups excluding carboxylic acids is 6. The van der Waals surface area contributed by atoms with E-state index in [9.17, 15) is 28.8 Å². The van der Waals surface area contributed by atoms with Crippen molar-refractivity contribution in [3.05, 3.63) is 75.3 Å². The summed E-state index contributed by atoms with van der Waals surface area (Å²) in [6, 6.07) is 9.63. The van der Waals surface area contributed by atoms with Gasteiger partial charge in [0.1, 0.15) is 17.9 Å². The average Bonchev–Trinajstić information content (AvgIpc) is 2.99. The second kappa shape index (κ2) is 13.4. The first-order valence-electron chi connectivity index (χ1n) is 12.3. The first-order valence-corrected chi connectivity index (χ1v) is 13.1. The van der Waals surface area contributed by atoms with Gasteiger partial charge in [-0.25, -0.2) is 0 Å². The first-order chi connectivity index (χ1) is 18.5. The van der Waals surface area contributed by atoms with Gasteiger partial charge in [0.25, 0.3) is 0 Å². The summed E-state index contributed by atoms with van der Waals surface area (Å²) in [5.74, 6) is -3.74. The molecule has 204 valence electrons. The number of aldehydes is 1. The van der Waals surface area contributed by atoms with E-state index >= 15 is 0 Å². The smallest absolute Gasteiger partial charge is 0.244 e. The third kappa shape index (κ3) is 7.94. The van der Waals surface area contributed by atoms with Crippen molar-refractivity contribution in [1.82, 2.24) is 10.6 Å². The molecule has 0 radical (unpaired) electrons. The van der Waals surface area contributed by atoms with E-state index in [4.69, 9.17) is 23.2 Å². The van der Waals surface area contributed by atoms with Crippen molar-refractivity contribution in [2.75, 3.05) is 0 Å². The molecule has 8 nitrogen and oxygen atoms in total. The Labute approximate surface area is 236 Å². The van der Waals surface area contributed by atoms with Gasteiger partial charge in [-0.15, -0.1) is 0 Å². The summed E-state index contributed by atoms with van der Waals surface area (Å²) in [6.45, 7) is 2.72. The fraction of sp³-hybridized carbons (Fsp3) is 0.310. The van der Waals surface area contributed by atoms with Crippen LogP contribution in [0.15, 0.2) is 48.5 Å². The van der Waals surface area contributed by atoms with Crippen LogP contribution >= 0.6 is 23.2 Å². The molecule has 10 heteroatoms. The highest BCUT2D eigenvalue weighted by Crippen LogP contribution is 2.37. The van der Waals surface area contributed by atoms with Crippen molar-refractivity contribution in [2.24, 2.45) is 0 Å². The maximum absolute atomic E-state index is 13.8. The van der Waals surface area contributed by atoms with Gasteiger partial charge in [0.2, 0.25) is 11.8 Å². The molecule has 0 heterocycles. The normalized spacial score (nSPS) is 19.5. The lowest BCUT2D eigenvalue weighted by Crippen LogP contribution is -2.44. The molecule has 2 aromatic rings. The highest BCUT2D eigenvalue weighted by molar-refractivity contribution is 6.42. The van der Waals surface area contributed by atoms with E-state index in [1.54, 1.807) is 42.5 Å². The molecule has 0 spiro atoms. The van der Waals surface area contributed by atoms with Crippen LogP contribution in [0.3, 0.4) is 0 Å². The highest BCUT2D eigenvalue weighted by Gasteiger charge is 2.39. The number of amides is 2. The molecule has 2 aromatic carbocycles. The second-order valence-corrected chi connectivity index (χ2v) is 10.3. The van der Waals surface area contributed by atoms with Gasteiger partial charge in [0.15, 0.2) is 5.78 Å². The molecule has 0 bridgehead atoms. The van der Waals surface area contributed by atoms with Gasteiger partial charge >= 0.3 is 0 Å². The maximum Gasteiger partial charge on any atom is 0.244 e. The number of carbonyl (C=O) groups is 6. The zero-order valence-corrected chi connectivity index (χ0v) is 22.9. The van der Waals surface area contributed by atoms with Crippen LogP contribution < -0.4 is 10.6 Å². The van der Waals surface area contributed by atoms with E-state index in [0.717, 1.165) is 0 Å². The standard InChI is InChI=1S/C29H28Cl2N2O6/c1-16(35)11-19(15-34)32-28(38)14-23-21-6-4-3-5-20(21)22(17(2)36)13-26(29(23)39)33-27(37)10-8-18-7-9-24(30)25(31)12-18/h3-10,12,15,19,22-23,26H,11,13-14H2,1-2H3,(H,32,38)(H,33,37)/b10-8+/t19-,22?,23?,26-/m0/s1. The van der Waals surface area contributed by atoms with Crippen LogP contribution in [0.2, 0.25) is 10.0 Å². The van der Waals surface area contributed by atoms with Gasteiger partial charge in [-0.05, 0) is 55.2 Å². The largest absolute Gasteiger partial charge is 0.346 e. The third-order valence-electron chi connectivity index (χ3n) is 6.49. The van der Waals surface area contributed by atoms with E-state index in [1.807, 2.05) is 0 Å². The van der Waals surface area contributed by atoms with Gasteiger partial charge in [-0.3, -0.25) is 24.0 Å². The minimum Gasteiger partial charge on any atom is -0.346 e. The molecule has 2 unspecified atom stereocenters. The number of Topliss-reactive ketones (excluding diaryl/α,β-unsaturated/α-hetero) is 3. The predicted octanol–water partition coefficient (Wildman–Crippen LogP) is 3.97. The van der Waals surface area contributed by atoms with E-state index in [1.165, 1.54) is 26.0 Å². The van der Waals surface area contributed by atoms with E-state index in [-0.39, 0.29) is 30.8 Å². The quantitative estimate of drug-likeness (QED) is 0.253. The van der Waals surface area contributed by atoms with Gasteiger partial charge in [0.05, 0.1) is 28.0 Å². The Morgan fingerprint density at radius 1 is 1.03 bits per heavy atom. The zero-order valence-electron chi connectivity index (χ0n) is 21.4. The summed E-state index contributed by atoms with van der Waals surface area (Å²) in [6.07, 6.45) is 2.75. The number of nitrogens with one attached hydrogen (secondary N) is 2. The number of ketones is 3. The van der Waals surface area contributed by atoms with Crippen molar-refractivity contribution < 1.29 is 28.8 Å². The molecule has 0 fully saturated rings. The molecule has 3 rings (SSSR count). The minimum atomic E-state index is -1.06. The summed E-state index contributed by atoms with van der Waals surface area (Å²) < 4.78 is 0. The van der Waals surface area contributed by atoms with Crippen LogP contribution in [-0.2, 0) is 28.8 Å². The Balaban J connectivity index is 1.88. The number of hydrogen-bond donors (Lipinski definition) is 2. The number of rotatable bonds is 10. The van der Waals surface area contributed by atoms with Crippen molar-refractivity contribution in [1.29, 1.82) is 0 Å². The maximum atomic E-state index is 13.8. The summed E-state index contributed by atoms with van der Waals surface area (Å²) in [4.78, 5) is 74.8. The Morgan fingerprint density at radius 2 is 1.72 bits per heavy atom. The molecule has 1 aliphatic carbocycles. The molecule has 4 atom stereocenters. The molecular weight excluding hydrogens is 543 g/mol. The molecular formula is C29H28Cl2N2O6. The summed E-state index contributed by atoms with van der Waals surface area (Å²) in [7, 11) is 0. The van der Waals surface area contributed by atoms with Crippen LogP contribution in [0, 0.1) is 0 Å². The molecule has 0 aliphatic heterocycles. The van der Waals surface area contributed by atoms with Gasteiger partial charge in [-0.1, -0.05) is 53.5 Å². The van der Waals surface area contributed by atoms with Gasteiger partial charge in [-0.2, -0.15) is 0 Å². The lowest BCUT2D eigenvalue weighted by Gasteiger charge is -2.21. The number of halogens is 2. The lowest BCUT2D eigenvalue weighted by molar-refractivity contribution is -0.130. The minimum absolute atomic E-state index is 0.0248. The van der Waals surface area contributed by atoms with E-state index in [2.05, 4.69) is 10.6 Å². The van der Waals surface area contributed by atoms with Crippen molar-refractivity contribution in [3.8, 4) is 0 Å². The number of benzene rings is 2. The van der Waals surface area contributed by atoms with Crippen LogP contribution in [0.4, 0.5) is 0 Å². The van der Waals surface area contributed by atoms with Gasteiger partial charge in [0, 0.05) is 24.8 Å². The molecule has 2 amide bonds. The molecule has 39 heavy (non-hydrogen) atoms. The fourth-order valence-electron chi connectivity index (χ4n) is 4.65. The average molecular weight is 571 g/mol. The summed E-state index contributed by atoms with van der Waals surface area (Å²) in [5, 5.41) is 5.86. The van der Waals surface area contributed by atoms with Crippen molar-refractivity contribution >= 4 is 64.7 Å². The Bertz CT molecular complexity index is 1340. The monoisotopic (exact) mass is 570 g/mol. The number of hydrogen-bond acceptors (Lipinski definition) is 6. The Kier molecular flexibility index (Phi) is 10.3. The molecule has 2 N–H and O–H groups in total. The topological polar surface area (TPSA) is 126 Å². The highest BCUT2D eigenvalue weighted by atomic mass is 35.5. The van der Waals surface area contributed by atoms with Crippen LogP contribution in [-0.4, -0.2) is 47.5 Å². The summed E-state index contributed by atoms with van der Waals surface area (Å²) >= 11 is 12.0. The predicted molar refractivity (Wildman–Crippen MR) is 148 cm³/mol. The Morgan fingerprint density at radius 3 is 2.33 bits per heavy atom. The molecule has 0 aromatic heterocycles. The molecule has 1 aliphatic rings. The van der Waals surface area contributed by atoms with Crippen LogP contribution in [0.1, 0.15) is 61.6 Å². The van der Waals surface area contributed by atoms with E-state index in [0.29, 0.717) is 33.0 Å². The number of fused-ring (bicyclic) bond motifs is 1. The third-order valence-corrected chi connectivity index (χ3v) is 7.23. The zero-order chi connectivity index (χ0) is 28.7. The van der Waals surface area contributed by atoms with E-state index < -0.39 is 41.5 Å². The Hall–Kier alpha value is -3.62. The first kappa shape index (κ1) is 29.9. The van der Waals surface area contributed by atoms with Crippen molar-refractivity contribution in [2.45, 2.75) is 57.0 Å². The van der Waals surface area contributed by atoms with Crippen LogP contribution in [0.25, 0.3) is 6.08 Å². The second-order valence-electron chi connectivity index (χ2n) is 9.47. The molecule has 0 saturated heterocycles. The molecule has 0 saturated carbocycles. The van der Waals surface area contributed by atoms with Crippen LogP contribution in [0.5, 0.6) is 0 Å². The summed E-state index contributed by atoms with van der Waals surface area (Å²) in [5.41, 5.74) is 1.73. The van der Waals surface area contributed by atoms with Crippen molar-refractivity contribution in [3.63, 3.8) is 0 Å². The fourth-order valence-corrected chi connectivity index (χ4v) is 4.95. The van der Waals surface area contributed by atoms with Gasteiger partial charge < -0.3 is 15.4 Å².